The van der Waals surface area contributed by atoms with Gasteiger partial charge in [-0.3, -0.25) is 14.6 Å². The molecular formula is C15H15N3O3. The maximum atomic E-state index is 12.0. The third-order valence-electron chi connectivity index (χ3n) is 2.78. The van der Waals surface area contributed by atoms with E-state index in [0.717, 1.165) is 0 Å². The minimum absolute atomic E-state index is 0.0745. The van der Waals surface area contributed by atoms with Crippen molar-refractivity contribution in [2.75, 3.05) is 19.4 Å². The first-order valence-corrected chi connectivity index (χ1v) is 6.24. The van der Waals surface area contributed by atoms with Gasteiger partial charge in [0.1, 0.15) is 5.75 Å². The van der Waals surface area contributed by atoms with Gasteiger partial charge in [0.2, 0.25) is 0 Å². The first-order valence-electron chi connectivity index (χ1n) is 6.24. The van der Waals surface area contributed by atoms with E-state index in [-0.39, 0.29) is 23.1 Å². The van der Waals surface area contributed by atoms with Crippen LogP contribution in [0, 0.1) is 0 Å². The molecule has 2 amide bonds. The largest absolute Gasteiger partial charge is 0.506 e. The molecule has 21 heavy (non-hydrogen) atoms. The Kier molecular flexibility index (Phi) is 4.18. The highest BCUT2D eigenvalue weighted by atomic mass is 16.3. The third-order valence-corrected chi connectivity index (χ3v) is 2.78. The Bertz CT molecular complexity index is 666. The molecule has 2 N–H and O–H groups in total. The predicted molar refractivity (Wildman–Crippen MR) is 78.3 cm³/mol. The van der Waals surface area contributed by atoms with E-state index in [0.29, 0.717) is 11.3 Å². The minimum Gasteiger partial charge on any atom is -0.506 e. The van der Waals surface area contributed by atoms with E-state index in [4.69, 9.17) is 0 Å². The van der Waals surface area contributed by atoms with Crippen LogP contribution in [0.4, 0.5) is 5.69 Å². The summed E-state index contributed by atoms with van der Waals surface area (Å²) in [4.78, 5) is 28.9. The standard InChI is InChI=1S/C15H15N3O3/c1-18(2)15(21)10-3-5-12(6-4-10)17-14(20)11-7-13(19)9-16-8-11/h3-9,19H,1-2H3,(H,17,20). The van der Waals surface area contributed by atoms with Crippen molar-refractivity contribution in [1.29, 1.82) is 0 Å². The van der Waals surface area contributed by atoms with Gasteiger partial charge in [-0.15, -0.1) is 0 Å². The molecule has 0 saturated carbocycles. The second-order valence-corrected chi connectivity index (χ2v) is 4.66. The molecule has 0 aliphatic heterocycles. The van der Waals surface area contributed by atoms with Crippen molar-refractivity contribution in [2.24, 2.45) is 0 Å². The number of pyridine rings is 1. The fourth-order valence-electron chi connectivity index (χ4n) is 1.71. The maximum Gasteiger partial charge on any atom is 0.257 e. The van der Waals surface area contributed by atoms with Gasteiger partial charge in [-0.25, -0.2) is 0 Å². The van der Waals surface area contributed by atoms with Crippen molar-refractivity contribution in [3.8, 4) is 5.75 Å². The topological polar surface area (TPSA) is 82.5 Å². The summed E-state index contributed by atoms with van der Waals surface area (Å²) in [5.41, 5.74) is 1.35. The van der Waals surface area contributed by atoms with E-state index >= 15 is 0 Å². The van der Waals surface area contributed by atoms with E-state index in [9.17, 15) is 14.7 Å². The molecule has 1 aromatic carbocycles. The number of benzene rings is 1. The molecule has 6 nitrogen and oxygen atoms in total. The summed E-state index contributed by atoms with van der Waals surface area (Å²) in [7, 11) is 3.35. The molecular weight excluding hydrogens is 270 g/mol. The van der Waals surface area contributed by atoms with Crippen LogP contribution in [0.1, 0.15) is 20.7 Å². The van der Waals surface area contributed by atoms with Crippen LogP contribution in [-0.4, -0.2) is 40.9 Å². The Balaban J connectivity index is 2.10. The Morgan fingerprint density at radius 3 is 2.33 bits per heavy atom. The van der Waals surface area contributed by atoms with Gasteiger partial charge in [-0.2, -0.15) is 0 Å². The number of hydrogen-bond acceptors (Lipinski definition) is 4. The smallest absolute Gasteiger partial charge is 0.257 e. The number of amides is 2. The van der Waals surface area contributed by atoms with Gasteiger partial charge in [0.25, 0.3) is 11.8 Å². The van der Waals surface area contributed by atoms with Crippen LogP contribution in [0.5, 0.6) is 5.75 Å². The van der Waals surface area contributed by atoms with Gasteiger partial charge in [-0.1, -0.05) is 0 Å². The van der Waals surface area contributed by atoms with Gasteiger partial charge in [0.05, 0.1) is 11.8 Å². The molecule has 6 heteroatoms. The lowest BCUT2D eigenvalue weighted by atomic mass is 10.2. The van der Waals surface area contributed by atoms with Crippen molar-refractivity contribution in [3.05, 3.63) is 53.9 Å². The minimum atomic E-state index is -0.384. The highest BCUT2D eigenvalue weighted by molar-refractivity contribution is 6.04. The Labute approximate surface area is 122 Å². The molecule has 0 fully saturated rings. The third kappa shape index (κ3) is 3.56. The highest BCUT2D eigenvalue weighted by Gasteiger charge is 2.10. The van der Waals surface area contributed by atoms with Crippen LogP contribution in [-0.2, 0) is 0 Å². The first-order chi connectivity index (χ1) is 9.97. The van der Waals surface area contributed by atoms with Crippen molar-refractivity contribution >= 4 is 17.5 Å². The van der Waals surface area contributed by atoms with Crippen molar-refractivity contribution in [3.63, 3.8) is 0 Å². The van der Waals surface area contributed by atoms with Crippen LogP contribution in [0.2, 0.25) is 0 Å². The number of carbonyl (C=O) groups is 2. The lowest BCUT2D eigenvalue weighted by Crippen LogP contribution is -2.21. The van der Waals surface area contributed by atoms with Gasteiger partial charge in [-0.05, 0) is 30.3 Å². The second-order valence-electron chi connectivity index (χ2n) is 4.66. The number of aromatic hydroxyl groups is 1. The lowest BCUT2D eigenvalue weighted by molar-refractivity contribution is 0.0827. The van der Waals surface area contributed by atoms with Gasteiger partial charge < -0.3 is 15.3 Å². The molecule has 0 spiro atoms. The number of nitrogens with one attached hydrogen (secondary N) is 1. The zero-order valence-electron chi connectivity index (χ0n) is 11.7. The summed E-state index contributed by atoms with van der Waals surface area (Å²) in [5.74, 6) is -0.565. The molecule has 0 unspecified atom stereocenters. The molecule has 2 aromatic rings. The molecule has 1 aromatic heterocycles. The average Bonchev–Trinajstić information content (AvgIpc) is 2.47. The quantitative estimate of drug-likeness (QED) is 0.900. The number of anilines is 1. The van der Waals surface area contributed by atoms with Gasteiger partial charge >= 0.3 is 0 Å². The maximum absolute atomic E-state index is 12.0. The van der Waals surface area contributed by atoms with E-state index in [2.05, 4.69) is 10.3 Å². The van der Waals surface area contributed by atoms with E-state index in [1.54, 1.807) is 38.4 Å². The van der Waals surface area contributed by atoms with Gasteiger partial charge in [0.15, 0.2) is 0 Å². The molecule has 0 radical (unpaired) electrons. The molecule has 0 saturated heterocycles. The molecule has 0 bridgehead atoms. The van der Waals surface area contributed by atoms with Crippen LogP contribution >= 0.6 is 0 Å². The van der Waals surface area contributed by atoms with Crippen molar-refractivity contribution < 1.29 is 14.7 Å². The number of hydrogen-bond donors (Lipinski definition) is 2. The van der Waals surface area contributed by atoms with Crippen LogP contribution in [0.25, 0.3) is 0 Å². The molecule has 0 aliphatic rings. The normalized spacial score (nSPS) is 10.0. The zero-order valence-corrected chi connectivity index (χ0v) is 11.7. The Morgan fingerprint density at radius 2 is 1.76 bits per heavy atom. The molecule has 1 heterocycles. The van der Waals surface area contributed by atoms with Crippen molar-refractivity contribution in [2.45, 2.75) is 0 Å². The Hall–Kier alpha value is -2.89. The number of aromatic nitrogens is 1. The van der Waals surface area contributed by atoms with E-state index in [1.165, 1.54) is 23.4 Å². The predicted octanol–water partition coefficient (Wildman–Crippen LogP) is 1.74. The zero-order chi connectivity index (χ0) is 15.4. The SMILES string of the molecule is CN(C)C(=O)c1ccc(NC(=O)c2cncc(O)c2)cc1. The second kappa shape index (κ2) is 6.04. The monoisotopic (exact) mass is 285 g/mol. The Morgan fingerprint density at radius 1 is 1.10 bits per heavy atom. The van der Waals surface area contributed by atoms with Crippen molar-refractivity contribution in [1.82, 2.24) is 9.88 Å². The summed E-state index contributed by atoms with van der Waals surface area (Å²) >= 11 is 0. The van der Waals surface area contributed by atoms with Gasteiger partial charge in [0, 0.05) is 31.5 Å². The highest BCUT2D eigenvalue weighted by Crippen LogP contribution is 2.14. The summed E-state index contributed by atoms with van der Waals surface area (Å²) in [5, 5.41) is 12.0. The first kappa shape index (κ1) is 14.5. The fourth-order valence-corrected chi connectivity index (χ4v) is 1.71. The summed E-state index contributed by atoms with van der Waals surface area (Å²) in [6.07, 6.45) is 2.61. The van der Waals surface area contributed by atoms with Crippen LogP contribution in [0.15, 0.2) is 42.7 Å². The summed E-state index contributed by atoms with van der Waals surface area (Å²) in [6, 6.07) is 7.89. The number of nitrogens with zero attached hydrogens (tertiary/aromatic N) is 2. The van der Waals surface area contributed by atoms with Crippen LogP contribution in [0.3, 0.4) is 0 Å². The molecule has 2 rings (SSSR count). The molecule has 108 valence electrons. The van der Waals surface area contributed by atoms with Crippen LogP contribution < -0.4 is 5.32 Å². The molecule has 0 atom stereocenters. The number of carbonyl (C=O) groups excluding carboxylic acids is 2. The average molecular weight is 285 g/mol. The lowest BCUT2D eigenvalue weighted by Gasteiger charge is -2.11. The summed E-state index contributed by atoms with van der Waals surface area (Å²) in [6.45, 7) is 0. The summed E-state index contributed by atoms with van der Waals surface area (Å²) < 4.78 is 0. The molecule has 0 aliphatic carbocycles. The van der Waals surface area contributed by atoms with E-state index < -0.39 is 0 Å². The fraction of sp³-hybridized carbons (Fsp3) is 0.133. The number of rotatable bonds is 3. The van der Waals surface area contributed by atoms with E-state index in [1.807, 2.05) is 0 Å².